The number of aromatic nitrogens is 1. The van der Waals surface area contributed by atoms with Gasteiger partial charge in [0, 0.05) is 13.1 Å². The van der Waals surface area contributed by atoms with Crippen LogP contribution in [0.1, 0.15) is 5.69 Å². The topological polar surface area (TPSA) is 103 Å². The van der Waals surface area contributed by atoms with Crippen molar-refractivity contribution in [3.05, 3.63) is 36.7 Å². The first kappa shape index (κ1) is 15.6. The number of carboxylic acid groups (broad SMARTS) is 1. The fourth-order valence-electron chi connectivity index (χ4n) is 1.51. The Kier molecular flexibility index (Phi) is 6.18. The Hall–Kier alpha value is -2.41. The van der Waals surface area contributed by atoms with Crippen LogP contribution in [0.4, 0.5) is 10.5 Å². The third-order valence-electron chi connectivity index (χ3n) is 2.41. The van der Waals surface area contributed by atoms with Gasteiger partial charge in [-0.3, -0.25) is 9.78 Å². The van der Waals surface area contributed by atoms with Gasteiger partial charge in [0.2, 0.25) is 0 Å². The zero-order chi connectivity index (χ0) is 15.0. The Morgan fingerprint density at radius 3 is 2.70 bits per heavy atom. The quantitative estimate of drug-likeness (QED) is 0.638. The third kappa shape index (κ3) is 5.07. The molecule has 108 valence electrons. The number of rotatable bonds is 7. The molecule has 0 aliphatic carbocycles. The molecule has 0 aliphatic rings. The van der Waals surface area contributed by atoms with Crippen LogP contribution >= 0.6 is 0 Å². The maximum absolute atomic E-state index is 11.9. The number of nitrogens with zero attached hydrogens (tertiary/aromatic N) is 2. The number of aliphatic hydroxyl groups is 1. The SMILES string of the molecule is C=CCN(CCO)C(=O)Nc1ccc(CC(=O)O)nc1. The molecule has 0 saturated carbocycles. The Morgan fingerprint density at radius 2 is 2.20 bits per heavy atom. The summed E-state index contributed by atoms with van der Waals surface area (Å²) in [5.41, 5.74) is 0.866. The molecule has 1 heterocycles. The Morgan fingerprint density at radius 1 is 1.45 bits per heavy atom. The number of hydrogen-bond acceptors (Lipinski definition) is 4. The summed E-state index contributed by atoms with van der Waals surface area (Å²) >= 11 is 0. The van der Waals surface area contributed by atoms with Crippen LogP contribution in [0.3, 0.4) is 0 Å². The van der Waals surface area contributed by atoms with E-state index in [2.05, 4.69) is 16.9 Å². The zero-order valence-corrected chi connectivity index (χ0v) is 11.0. The molecule has 0 atom stereocenters. The van der Waals surface area contributed by atoms with Crippen LogP contribution in [0.2, 0.25) is 0 Å². The van der Waals surface area contributed by atoms with Crippen molar-refractivity contribution in [2.75, 3.05) is 25.0 Å². The van der Waals surface area contributed by atoms with Gasteiger partial charge in [-0.05, 0) is 12.1 Å². The molecule has 0 aliphatic heterocycles. The highest BCUT2D eigenvalue weighted by molar-refractivity contribution is 5.89. The Balaban J connectivity index is 2.64. The van der Waals surface area contributed by atoms with Crippen LogP contribution in [0.25, 0.3) is 0 Å². The second-order valence-electron chi connectivity index (χ2n) is 4.00. The molecule has 0 saturated heterocycles. The van der Waals surface area contributed by atoms with E-state index in [0.29, 0.717) is 17.9 Å². The molecule has 1 aromatic heterocycles. The lowest BCUT2D eigenvalue weighted by Crippen LogP contribution is -2.37. The molecule has 7 nitrogen and oxygen atoms in total. The average Bonchev–Trinajstić information content (AvgIpc) is 2.40. The number of amides is 2. The van der Waals surface area contributed by atoms with Gasteiger partial charge in [0.1, 0.15) is 0 Å². The van der Waals surface area contributed by atoms with Crippen LogP contribution in [0.5, 0.6) is 0 Å². The summed E-state index contributed by atoms with van der Waals surface area (Å²) in [5, 5.41) is 20.1. The van der Waals surface area contributed by atoms with Crippen LogP contribution in [-0.4, -0.2) is 51.8 Å². The summed E-state index contributed by atoms with van der Waals surface area (Å²) in [6, 6.07) is 2.73. The van der Waals surface area contributed by atoms with E-state index in [-0.39, 0.29) is 25.6 Å². The minimum atomic E-state index is -0.964. The number of urea groups is 1. The van der Waals surface area contributed by atoms with Crippen molar-refractivity contribution < 1.29 is 19.8 Å². The minimum Gasteiger partial charge on any atom is -0.481 e. The molecule has 0 fully saturated rings. The number of pyridine rings is 1. The first-order valence-corrected chi connectivity index (χ1v) is 6.01. The molecule has 3 N–H and O–H groups in total. The van der Waals surface area contributed by atoms with Gasteiger partial charge < -0.3 is 20.4 Å². The maximum atomic E-state index is 11.9. The number of carbonyl (C=O) groups excluding carboxylic acids is 1. The molecule has 1 rings (SSSR count). The molecule has 1 aromatic rings. The van der Waals surface area contributed by atoms with E-state index in [0.717, 1.165) is 0 Å². The van der Waals surface area contributed by atoms with Crippen LogP contribution in [-0.2, 0) is 11.2 Å². The fourth-order valence-corrected chi connectivity index (χ4v) is 1.51. The molecular formula is C13H17N3O4. The summed E-state index contributed by atoms with van der Waals surface area (Å²) in [5.74, 6) is -0.964. The van der Waals surface area contributed by atoms with Gasteiger partial charge in [-0.25, -0.2) is 4.79 Å². The molecule has 0 spiro atoms. The first-order valence-electron chi connectivity index (χ1n) is 6.01. The van der Waals surface area contributed by atoms with E-state index in [9.17, 15) is 9.59 Å². The average molecular weight is 279 g/mol. The smallest absolute Gasteiger partial charge is 0.322 e. The highest BCUT2D eigenvalue weighted by Gasteiger charge is 2.11. The normalized spacial score (nSPS) is 9.85. The molecule has 0 radical (unpaired) electrons. The molecule has 0 aromatic carbocycles. The van der Waals surface area contributed by atoms with E-state index < -0.39 is 5.97 Å². The number of anilines is 1. The summed E-state index contributed by atoms with van der Waals surface area (Å²) in [6.07, 6.45) is 2.78. The first-order chi connectivity index (χ1) is 9.56. The van der Waals surface area contributed by atoms with Crippen LogP contribution < -0.4 is 5.32 Å². The molecule has 2 amide bonds. The molecular weight excluding hydrogens is 262 g/mol. The van der Waals surface area contributed by atoms with Gasteiger partial charge in [-0.15, -0.1) is 6.58 Å². The van der Waals surface area contributed by atoms with Crippen molar-refractivity contribution in [3.8, 4) is 0 Å². The van der Waals surface area contributed by atoms with Gasteiger partial charge in [-0.1, -0.05) is 6.08 Å². The number of carbonyl (C=O) groups is 2. The van der Waals surface area contributed by atoms with Crippen molar-refractivity contribution in [3.63, 3.8) is 0 Å². The van der Waals surface area contributed by atoms with Crippen LogP contribution in [0, 0.1) is 0 Å². The van der Waals surface area contributed by atoms with Gasteiger partial charge in [0.15, 0.2) is 0 Å². The van der Waals surface area contributed by atoms with E-state index in [1.807, 2.05) is 0 Å². The number of hydrogen-bond donors (Lipinski definition) is 3. The van der Waals surface area contributed by atoms with Crippen molar-refractivity contribution in [2.24, 2.45) is 0 Å². The van der Waals surface area contributed by atoms with E-state index in [4.69, 9.17) is 10.2 Å². The van der Waals surface area contributed by atoms with Crippen molar-refractivity contribution >= 4 is 17.7 Å². The lowest BCUT2D eigenvalue weighted by molar-refractivity contribution is -0.136. The Bertz CT molecular complexity index is 473. The summed E-state index contributed by atoms with van der Waals surface area (Å²) in [4.78, 5) is 27.7. The highest BCUT2D eigenvalue weighted by Crippen LogP contribution is 2.08. The summed E-state index contributed by atoms with van der Waals surface area (Å²) in [7, 11) is 0. The monoisotopic (exact) mass is 279 g/mol. The van der Waals surface area contributed by atoms with Gasteiger partial charge in [0.25, 0.3) is 0 Å². The zero-order valence-electron chi connectivity index (χ0n) is 11.0. The third-order valence-corrected chi connectivity index (χ3v) is 2.41. The molecule has 7 heteroatoms. The predicted octanol–water partition coefficient (Wildman–Crippen LogP) is 0.721. The summed E-state index contributed by atoms with van der Waals surface area (Å²) < 4.78 is 0. The number of nitrogens with one attached hydrogen (secondary N) is 1. The number of carboxylic acids is 1. The van der Waals surface area contributed by atoms with E-state index in [1.54, 1.807) is 12.1 Å². The number of aliphatic carboxylic acids is 1. The Labute approximate surface area is 116 Å². The van der Waals surface area contributed by atoms with E-state index in [1.165, 1.54) is 17.2 Å². The summed E-state index contributed by atoms with van der Waals surface area (Å²) in [6.45, 7) is 3.91. The molecule has 20 heavy (non-hydrogen) atoms. The van der Waals surface area contributed by atoms with Crippen LogP contribution in [0.15, 0.2) is 31.0 Å². The minimum absolute atomic E-state index is 0.142. The standard InChI is InChI=1S/C13H17N3O4/c1-2-5-16(6-7-17)13(20)15-11-4-3-10(14-9-11)8-12(18)19/h2-4,9,17H,1,5-8H2,(H,15,20)(H,18,19). The van der Waals surface area contributed by atoms with Crippen molar-refractivity contribution in [2.45, 2.75) is 6.42 Å². The second kappa shape index (κ2) is 7.90. The van der Waals surface area contributed by atoms with Gasteiger partial charge >= 0.3 is 12.0 Å². The largest absolute Gasteiger partial charge is 0.481 e. The second-order valence-corrected chi connectivity index (χ2v) is 4.00. The fraction of sp³-hybridized carbons (Fsp3) is 0.308. The molecule has 0 bridgehead atoms. The van der Waals surface area contributed by atoms with E-state index >= 15 is 0 Å². The lowest BCUT2D eigenvalue weighted by atomic mass is 10.2. The molecule has 0 unspecified atom stereocenters. The number of aliphatic hydroxyl groups excluding tert-OH is 1. The maximum Gasteiger partial charge on any atom is 0.322 e. The van der Waals surface area contributed by atoms with Gasteiger partial charge in [-0.2, -0.15) is 0 Å². The van der Waals surface area contributed by atoms with Crippen molar-refractivity contribution in [1.29, 1.82) is 0 Å². The highest BCUT2D eigenvalue weighted by atomic mass is 16.4. The van der Waals surface area contributed by atoms with Gasteiger partial charge in [0.05, 0.1) is 30.6 Å². The predicted molar refractivity (Wildman–Crippen MR) is 73.5 cm³/mol. The van der Waals surface area contributed by atoms with Crippen molar-refractivity contribution in [1.82, 2.24) is 9.88 Å². The lowest BCUT2D eigenvalue weighted by Gasteiger charge is -2.20.